The number of hydrogen-bond acceptors (Lipinski definition) is 3. The topological polar surface area (TPSA) is 46.5 Å². The van der Waals surface area contributed by atoms with E-state index in [-0.39, 0.29) is 11.5 Å². The Bertz CT molecular complexity index is 492. The van der Waals surface area contributed by atoms with Crippen LogP contribution in [-0.4, -0.2) is 11.4 Å². The van der Waals surface area contributed by atoms with Crippen LogP contribution >= 0.6 is 0 Å². The third-order valence-electron chi connectivity index (χ3n) is 2.09. The fourth-order valence-electron chi connectivity index (χ4n) is 1.30. The standard InChI is InChI=1S/C13H10O3/c14-9-10-6-7-12(15)13(8-10)16-11-4-2-1-3-5-11/h1-9,15H. The van der Waals surface area contributed by atoms with Gasteiger partial charge in [0.05, 0.1) is 0 Å². The number of carbonyl (C=O) groups excluding carboxylic acids is 1. The van der Waals surface area contributed by atoms with E-state index in [0.717, 1.165) is 0 Å². The first kappa shape index (κ1) is 10.2. The van der Waals surface area contributed by atoms with E-state index >= 15 is 0 Å². The molecule has 0 spiro atoms. The summed E-state index contributed by atoms with van der Waals surface area (Å²) in [6.07, 6.45) is 0.706. The average molecular weight is 214 g/mol. The summed E-state index contributed by atoms with van der Waals surface area (Å²) in [4.78, 5) is 10.6. The van der Waals surface area contributed by atoms with Gasteiger partial charge in [0.25, 0.3) is 0 Å². The summed E-state index contributed by atoms with van der Waals surface area (Å²) in [7, 11) is 0. The molecule has 0 saturated carbocycles. The van der Waals surface area contributed by atoms with Crippen LogP contribution in [0.15, 0.2) is 48.5 Å². The molecule has 0 aliphatic rings. The summed E-state index contributed by atoms with van der Waals surface area (Å²) >= 11 is 0. The van der Waals surface area contributed by atoms with E-state index in [1.165, 1.54) is 18.2 Å². The quantitative estimate of drug-likeness (QED) is 0.799. The van der Waals surface area contributed by atoms with Crippen molar-refractivity contribution >= 4 is 6.29 Å². The maximum atomic E-state index is 10.6. The van der Waals surface area contributed by atoms with Crippen molar-refractivity contribution in [2.45, 2.75) is 0 Å². The lowest BCUT2D eigenvalue weighted by atomic mass is 10.2. The second kappa shape index (κ2) is 4.49. The van der Waals surface area contributed by atoms with E-state index in [1.54, 1.807) is 12.1 Å². The number of phenols is 1. The number of benzene rings is 2. The molecule has 2 aromatic rings. The van der Waals surface area contributed by atoms with Gasteiger partial charge < -0.3 is 9.84 Å². The highest BCUT2D eigenvalue weighted by Crippen LogP contribution is 2.30. The smallest absolute Gasteiger partial charge is 0.169 e. The van der Waals surface area contributed by atoms with Crippen LogP contribution in [0.5, 0.6) is 17.2 Å². The summed E-state index contributed by atoms with van der Waals surface area (Å²) in [6, 6.07) is 13.5. The molecular formula is C13H10O3. The molecule has 0 aromatic heterocycles. The first-order valence-corrected chi connectivity index (χ1v) is 4.80. The average Bonchev–Trinajstić information content (AvgIpc) is 2.33. The first-order valence-electron chi connectivity index (χ1n) is 4.80. The lowest BCUT2D eigenvalue weighted by Gasteiger charge is -2.07. The molecule has 0 atom stereocenters. The van der Waals surface area contributed by atoms with E-state index in [0.29, 0.717) is 17.6 Å². The summed E-state index contributed by atoms with van der Waals surface area (Å²) in [5.41, 5.74) is 0.462. The molecule has 0 heterocycles. The number of ether oxygens (including phenoxy) is 1. The Hall–Kier alpha value is -2.29. The molecule has 0 aliphatic heterocycles. The third-order valence-corrected chi connectivity index (χ3v) is 2.09. The van der Waals surface area contributed by atoms with Crippen LogP contribution in [-0.2, 0) is 0 Å². The molecule has 0 unspecified atom stereocenters. The van der Waals surface area contributed by atoms with Crippen molar-refractivity contribution in [1.82, 2.24) is 0 Å². The van der Waals surface area contributed by atoms with E-state index in [9.17, 15) is 9.90 Å². The highest BCUT2D eigenvalue weighted by molar-refractivity contribution is 5.76. The zero-order valence-corrected chi connectivity index (χ0v) is 8.46. The van der Waals surface area contributed by atoms with Crippen LogP contribution in [0.25, 0.3) is 0 Å². The van der Waals surface area contributed by atoms with Gasteiger partial charge >= 0.3 is 0 Å². The lowest BCUT2D eigenvalue weighted by Crippen LogP contribution is -1.87. The van der Waals surface area contributed by atoms with Crippen molar-refractivity contribution < 1.29 is 14.6 Å². The molecule has 0 bridgehead atoms. The van der Waals surface area contributed by atoms with E-state index in [2.05, 4.69) is 0 Å². The van der Waals surface area contributed by atoms with Crippen molar-refractivity contribution in [1.29, 1.82) is 0 Å². The van der Waals surface area contributed by atoms with Crippen molar-refractivity contribution in [2.75, 3.05) is 0 Å². The molecular weight excluding hydrogens is 204 g/mol. The molecule has 0 radical (unpaired) electrons. The molecule has 3 heteroatoms. The lowest BCUT2D eigenvalue weighted by molar-refractivity contribution is 0.112. The van der Waals surface area contributed by atoms with Gasteiger partial charge in [0.15, 0.2) is 11.5 Å². The predicted molar refractivity (Wildman–Crippen MR) is 60.0 cm³/mol. The minimum atomic E-state index is 0.00875. The number of hydrogen-bond donors (Lipinski definition) is 1. The SMILES string of the molecule is O=Cc1ccc(O)c(Oc2ccccc2)c1. The number of aldehydes is 1. The van der Waals surface area contributed by atoms with Gasteiger partial charge in [-0.3, -0.25) is 4.79 Å². The van der Waals surface area contributed by atoms with Gasteiger partial charge in [0, 0.05) is 5.56 Å². The molecule has 80 valence electrons. The minimum absolute atomic E-state index is 0.00875. The van der Waals surface area contributed by atoms with Gasteiger partial charge in [-0.1, -0.05) is 18.2 Å². The number of para-hydroxylation sites is 1. The molecule has 2 rings (SSSR count). The maximum absolute atomic E-state index is 10.6. The van der Waals surface area contributed by atoms with Gasteiger partial charge in [-0.25, -0.2) is 0 Å². The summed E-state index contributed by atoms with van der Waals surface area (Å²) in [5, 5.41) is 9.55. The number of aromatic hydroxyl groups is 1. The van der Waals surface area contributed by atoms with Crippen molar-refractivity contribution in [2.24, 2.45) is 0 Å². The first-order chi connectivity index (χ1) is 7.79. The highest BCUT2D eigenvalue weighted by atomic mass is 16.5. The van der Waals surface area contributed by atoms with Gasteiger partial charge in [-0.2, -0.15) is 0 Å². The van der Waals surface area contributed by atoms with Crippen LogP contribution in [0.2, 0.25) is 0 Å². The van der Waals surface area contributed by atoms with Crippen LogP contribution in [0.4, 0.5) is 0 Å². The third kappa shape index (κ3) is 2.20. The Labute approximate surface area is 92.9 Å². The van der Waals surface area contributed by atoms with Crippen LogP contribution in [0, 0.1) is 0 Å². The Morgan fingerprint density at radius 3 is 2.50 bits per heavy atom. The maximum Gasteiger partial charge on any atom is 0.169 e. The van der Waals surface area contributed by atoms with Crippen molar-refractivity contribution in [3.63, 3.8) is 0 Å². The second-order valence-electron chi connectivity index (χ2n) is 3.26. The predicted octanol–water partition coefficient (Wildman–Crippen LogP) is 3.00. The van der Waals surface area contributed by atoms with E-state index in [4.69, 9.17) is 4.74 Å². The van der Waals surface area contributed by atoms with Gasteiger partial charge in [-0.15, -0.1) is 0 Å². The van der Waals surface area contributed by atoms with Gasteiger partial charge in [0.2, 0.25) is 0 Å². The largest absolute Gasteiger partial charge is 0.504 e. The van der Waals surface area contributed by atoms with Crippen LogP contribution in [0.3, 0.4) is 0 Å². The van der Waals surface area contributed by atoms with Gasteiger partial charge in [-0.05, 0) is 30.3 Å². The normalized spacial score (nSPS) is 9.75. The second-order valence-corrected chi connectivity index (χ2v) is 3.26. The molecule has 2 aromatic carbocycles. The summed E-state index contributed by atoms with van der Waals surface area (Å²) < 4.78 is 5.44. The number of phenolic OH excluding ortho intramolecular Hbond substituents is 1. The highest BCUT2D eigenvalue weighted by Gasteiger charge is 2.04. The fraction of sp³-hybridized carbons (Fsp3) is 0. The van der Waals surface area contributed by atoms with Crippen molar-refractivity contribution in [3.05, 3.63) is 54.1 Å². The summed E-state index contributed by atoms with van der Waals surface area (Å²) in [6.45, 7) is 0. The Morgan fingerprint density at radius 2 is 1.81 bits per heavy atom. The molecule has 0 fully saturated rings. The van der Waals surface area contributed by atoms with Crippen molar-refractivity contribution in [3.8, 4) is 17.2 Å². The minimum Gasteiger partial charge on any atom is -0.504 e. The number of rotatable bonds is 3. The molecule has 16 heavy (non-hydrogen) atoms. The summed E-state index contributed by atoms with van der Waals surface area (Å²) in [5.74, 6) is 0.895. The van der Waals surface area contributed by atoms with Crippen LogP contribution in [0.1, 0.15) is 10.4 Å². The van der Waals surface area contributed by atoms with E-state index in [1.807, 2.05) is 18.2 Å². The Morgan fingerprint density at radius 1 is 1.06 bits per heavy atom. The Balaban J connectivity index is 2.30. The number of carbonyl (C=O) groups is 1. The molecule has 1 N–H and O–H groups in total. The monoisotopic (exact) mass is 214 g/mol. The van der Waals surface area contributed by atoms with E-state index < -0.39 is 0 Å². The zero-order valence-electron chi connectivity index (χ0n) is 8.46. The van der Waals surface area contributed by atoms with Gasteiger partial charge in [0.1, 0.15) is 12.0 Å². The molecule has 0 saturated heterocycles. The molecule has 0 amide bonds. The molecule has 0 aliphatic carbocycles. The Kier molecular flexibility index (Phi) is 2.87. The molecule has 3 nitrogen and oxygen atoms in total. The van der Waals surface area contributed by atoms with Crippen LogP contribution < -0.4 is 4.74 Å². The zero-order chi connectivity index (χ0) is 11.4. The fourth-order valence-corrected chi connectivity index (χ4v) is 1.30.